The Kier molecular flexibility index (Phi) is 2.50. The Morgan fingerprint density at radius 1 is 1.47 bits per heavy atom. The van der Waals surface area contributed by atoms with Crippen LogP contribution in [0.1, 0.15) is 25.7 Å². The van der Waals surface area contributed by atoms with Gasteiger partial charge in [-0.05, 0) is 37.8 Å². The maximum atomic E-state index is 11.2. The Balaban J connectivity index is 1.70. The summed E-state index contributed by atoms with van der Waals surface area (Å²) in [6, 6.07) is 6.32. The number of rotatable bonds is 4. The molecular weight excluding hydrogens is 214 g/mol. The molecule has 0 unspecified atom stereocenters. The van der Waals surface area contributed by atoms with Crippen LogP contribution in [-0.2, 0) is 4.79 Å². The summed E-state index contributed by atoms with van der Waals surface area (Å²) in [5.41, 5.74) is 0.0456. The van der Waals surface area contributed by atoms with Gasteiger partial charge in [0, 0.05) is 18.8 Å². The molecule has 4 nitrogen and oxygen atoms in total. The first-order valence-corrected chi connectivity index (χ1v) is 6.23. The highest BCUT2D eigenvalue weighted by molar-refractivity contribution is 5.53. The first-order chi connectivity index (χ1) is 8.34. The van der Waals surface area contributed by atoms with Gasteiger partial charge in [0.15, 0.2) is 0 Å². The Morgan fingerprint density at radius 2 is 2.29 bits per heavy atom. The van der Waals surface area contributed by atoms with Crippen molar-refractivity contribution in [2.45, 2.75) is 37.3 Å². The van der Waals surface area contributed by atoms with E-state index < -0.39 is 0 Å². The summed E-state index contributed by atoms with van der Waals surface area (Å²) in [5.74, 6) is 0.892. The van der Waals surface area contributed by atoms with E-state index in [-0.39, 0.29) is 5.54 Å². The SMILES string of the molecule is O=CN1C2CCC1(CNc1ccccn1)CC2. The standard InChI is InChI=1S/C13H17N3O/c17-10-16-11-4-6-13(16,7-5-11)9-15-12-3-1-2-8-14-12/h1-3,8,10-11H,4-7,9H2,(H,14,15). The highest BCUT2D eigenvalue weighted by Gasteiger charge is 2.50. The molecule has 2 aliphatic rings. The summed E-state index contributed by atoms with van der Waals surface area (Å²) in [6.07, 6.45) is 7.37. The minimum Gasteiger partial charge on any atom is -0.368 e. The van der Waals surface area contributed by atoms with Gasteiger partial charge in [-0.25, -0.2) is 4.98 Å². The molecular formula is C13H17N3O. The van der Waals surface area contributed by atoms with Gasteiger partial charge in [0.25, 0.3) is 0 Å². The molecule has 17 heavy (non-hydrogen) atoms. The van der Waals surface area contributed by atoms with Crippen molar-refractivity contribution in [3.05, 3.63) is 24.4 Å². The molecule has 4 heteroatoms. The molecule has 3 rings (SSSR count). The number of aromatic nitrogens is 1. The van der Waals surface area contributed by atoms with Crippen LogP contribution in [0, 0.1) is 0 Å². The van der Waals surface area contributed by atoms with Crippen LogP contribution in [0.5, 0.6) is 0 Å². The van der Waals surface area contributed by atoms with Crippen LogP contribution in [-0.4, -0.2) is 34.4 Å². The predicted molar refractivity (Wildman–Crippen MR) is 65.6 cm³/mol. The summed E-state index contributed by atoms with van der Waals surface area (Å²) < 4.78 is 0. The first kappa shape index (κ1) is 10.6. The first-order valence-electron chi connectivity index (χ1n) is 6.23. The normalized spacial score (nSPS) is 30.6. The van der Waals surface area contributed by atoms with Gasteiger partial charge in [0.1, 0.15) is 5.82 Å². The molecule has 0 aliphatic carbocycles. The van der Waals surface area contributed by atoms with Crippen molar-refractivity contribution in [1.82, 2.24) is 9.88 Å². The van der Waals surface area contributed by atoms with Crippen LogP contribution in [0.25, 0.3) is 0 Å². The number of hydrogen-bond donors (Lipinski definition) is 1. The van der Waals surface area contributed by atoms with Crippen LogP contribution in [0.3, 0.4) is 0 Å². The van der Waals surface area contributed by atoms with Crippen LogP contribution < -0.4 is 5.32 Å². The zero-order valence-corrected chi connectivity index (χ0v) is 9.80. The molecule has 0 aromatic carbocycles. The molecule has 1 amide bonds. The number of anilines is 1. The van der Waals surface area contributed by atoms with E-state index in [0.717, 1.165) is 44.5 Å². The molecule has 2 aliphatic heterocycles. The van der Waals surface area contributed by atoms with Gasteiger partial charge in [0.05, 0.1) is 5.54 Å². The number of nitrogens with zero attached hydrogens (tertiary/aromatic N) is 2. The molecule has 0 saturated carbocycles. The zero-order chi connectivity index (χ0) is 11.7. The second kappa shape index (κ2) is 4.02. The highest BCUT2D eigenvalue weighted by atomic mass is 16.1. The van der Waals surface area contributed by atoms with E-state index in [1.54, 1.807) is 6.20 Å². The zero-order valence-electron chi connectivity index (χ0n) is 9.80. The third-order valence-corrected chi connectivity index (χ3v) is 4.20. The van der Waals surface area contributed by atoms with Crippen molar-refractivity contribution in [2.24, 2.45) is 0 Å². The van der Waals surface area contributed by atoms with Gasteiger partial charge in [0.2, 0.25) is 6.41 Å². The van der Waals surface area contributed by atoms with E-state index in [2.05, 4.69) is 10.3 Å². The Hall–Kier alpha value is -1.58. The van der Waals surface area contributed by atoms with Crippen LogP contribution in [0.15, 0.2) is 24.4 Å². The van der Waals surface area contributed by atoms with E-state index in [1.165, 1.54) is 0 Å². The third kappa shape index (κ3) is 1.68. The van der Waals surface area contributed by atoms with Crippen molar-refractivity contribution in [2.75, 3.05) is 11.9 Å². The minimum absolute atomic E-state index is 0.0456. The van der Waals surface area contributed by atoms with Gasteiger partial charge in [-0.15, -0.1) is 0 Å². The second-order valence-corrected chi connectivity index (χ2v) is 5.04. The van der Waals surface area contributed by atoms with Crippen molar-refractivity contribution in [1.29, 1.82) is 0 Å². The fraction of sp³-hybridized carbons (Fsp3) is 0.538. The van der Waals surface area contributed by atoms with Crippen molar-refractivity contribution in [3.8, 4) is 0 Å². The third-order valence-electron chi connectivity index (χ3n) is 4.20. The number of carbonyl (C=O) groups is 1. The average Bonchev–Trinajstić information content (AvgIpc) is 2.92. The van der Waals surface area contributed by atoms with Gasteiger partial charge < -0.3 is 10.2 Å². The van der Waals surface area contributed by atoms with Crippen LogP contribution >= 0.6 is 0 Å². The highest BCUT2D eigenvalue weighted by Crippen LogP contribution is 2.45. The molecule has 0 atom stereocenters. The number of carbonyl (C=O) groups excluding carboxylic acids is 1. The molecule has 90 valence electrons. The minimum atomic E-state index is 0.0456. The van der Waals surface area contributed by atoms with Gasteiger partial charge >= 0.3 is 0 Å². The molecule has 3 heterocycles. The van der Waals surface area contributed by atoms with Gasteiger partial charge in [-0.3, -0.25) is 4.79 Å². The van der Waals surface area contributed by atoms with E-state index >= 15 is 0 Å². The lowest BCUT2D eigenvalue weighted by atomic mass is 9.88. The van der Waals surface area contributed by atoms with Crippen molar-refractivity contribution < 1.29 is 4.79 Å². The van der Waals surface area contributed by atoms with Crippen LogP contribution in [0.4, 0.5) is 5.82 Å². The van der Waals surface area contributed by atoms with E-state index in [0.29, 0.717) is 6.04 Å². The Labute approximate surface area is 101 Å². The summed E-state index contributed by atoms with van der Waals surface area (Å²) in [7, 11) is 0. The predicted octanol–water partition coefficient (Wildman–Crippen LogP) is 1.65. The van der Waals surface area contributed by atoms with Gasteiger partial charge in [-0.1, -0.05) is 6.07 Å². The molecule has 0 spiro atoms. The lowest BCUT2D eigenvalue weighted by molar-refractivity contribution is -0.121. The average molecular weight is 231 g/mol. The molecule has 2 fully saturated rings. The lowest BCUT2D eigenvalue weighted by Gasteiger charge is -2.32. The number of pyridine rings is 1. The van der Waals surface area contributed by atoms with Gasteiger partial charge in [-0.2, -0.15) is 0 Å². The fourth-order valence-electron chi connectivity index (χ4n) is 3.25. The second-order valence-electron chi connectivity index (χ2n) is 5.04. The summed E-state index contributed by atoms with van der Waals surface area (Å²) in [4.78, 5) is 17.4. The number of amides is 1. The quantitative estimate of drug-likeness (QED) is 0.801. The summed E-state index contributed by atoms with van der Waals surface area (Å²) in [6.45, 7) is 0.819. The molecule has 1 N–H and O–H groups in total. The summed E-state index contributed by atoms with van der Waals surface area (Å²) in [5, 5.41) is 3.36. The van der Waals surface area contributed by atoms with E-state index in [4.69, 9.17) is 0 Å². The van der Waals surface area contributed by atoms with Crippen molar-refractivity contribution >= 4 is 12.2 Å². The smallest absolute Gasteiger partial charge is 0.210 e. The number of hydrogen-bond acceptors (Lipinski definition) is 3. The van der Waals surface area contributed by atoms with E-state index in [9.17, 15) is 4.79 Å². The maximum absolute atomic E-state index is 11.2. The number of nitrogens with one attached hydrogen (secondary N) is 1. The summed E-state index contributed by atoms with van der Waals surface area (Å²) >= 11 is 0. The molecule has 1 aromatic heterocycles. The molecule has 2 saturated heterocycles. The lowest BCUT2D eigenvalue weighted by Crippen LogP contribution is -2.45. The Morgan fingerprint density at radius 3 is 2.94 bits per heavy atom. The molecule has 1 aromatic rings. The van der Waals surface area contributed by atoms with E-state index in [1.807, 2.05) is 23.1 Å². The maximum Gasteiger partial charge on any atom is 0.210 e. The van der Waals surface area contributed by atoms with Crippen LogP contribution in [0.2, 0.25) is 0 Å². The topological polar surface area (TPSA) is 45.2 Å². The molecule has 0 radical (unpaired) electrons. The van der Waals surface area contributed by atoms with Crippen molar-refractivity contribution in [3.63, 3.8) is 0 Å². The Bertz CT molecular complexity index is 398. The molecule has 2 bridgehead atoms. The largest absolute Gasteiger partial charge is 0.368 e. The monoisotopic (exact) mass is 231 g/mol. The number of fused-ring (bicyclic) bond motifs is 2. The fourth-order valence-corrected chi connectivity index (χ4v) is 3.25.